The maximum absolute atomic E-state index is 9.87. The highest BCUT2D eigenvalue weighted by Crippen LogP contribution is 2.25. The Morgan fingerprint density at radius 2 is 1.90 bits per heavy atom. The van der Waals surface area contributed by atoms with Gasteiger partial charge in [0.1, 0.15) is 0 Å². The summed E-state index contributed by atoms with van der Waals surface area (Å²) >= 11 is 0. The number of aliphatic hydroxyl groups is 1. The predicted octanol–water partition coefficient (Wildman–Crippen LogP) is 2.35. The van der Waals surface area contributed by atoms with Crippen molar-refractivity contribution in [3.8, 4) is 0 Å². The lowest BCUT2D eigenvalue weighted by Crippen LogP contribution is -2.33. The Hall–Kier alpha value is -0.160. The molecular weight excluding hydrogens is 254 g/mol. The quantitative estimate of drug-likeness (QED) is 0.573. The number of nitrogens with one attached hydrogen (secondary N) is 1. The number of aliphatic hydroxyl groups excluding tert-OH is 1. The van der Waals surface area contributed by atoms with Crippen molar-refractivity contribution in [1.29, 1.82) is 0 Å². The van der Waals surface area contributed by atoms with Gasteiger partial charge in [-0.1, -0.05) is 6.92 Å². The molecule has 0 amide bonds. The Labute approximate surface area is 124 Å². The first-order valence-corrected chi connectivity index (χ1v) is 8.21. The molecule has 0 saturated heterocycles. The fourth-order valence-electron chi connectivity index (χ4n) is 2.64. The van der Waals surface area contributed by atoms with E-state index in [9.17, 15) is 5.11 Å². The van der Waals surface area contributed by atoms with Crippen molar-refractivity contribution in [3.05, 3.63) is 0 Å². The van der Waals surface area contributed by atoms with E-state index < -0.39 is 0 Å². The van der Waals surface area contributed by atoms with Gasteiger partial charge in [0, 0.05) is 20.3 Å². The van der Waals surface area contributed by atoms with Crippen LogP contribution in [0.4, 0.5) is 0 Å². The summed E-state index contributed by atoms with van der Waals surface area (Å²) in [4.78, 5) is 0. The average Bonchev–Trinajstić information content (AvgIpc) is 2.46. The number of rotatable bonds is 11. The highest BCUT2D eigenvalue weighted by molar-refractivity contribution is 4.71. The van der Waals surface area contributed by atoms with Crippen molar-refractivity contribution in [3.63, 3.8) is 0 Å². The second kappa shape index (κ2) is 11.5. The molecule has 0 radical (unpaired) electrons. The monoisotopic (exact) mass is 287 g/mol. The number of hydrogen-bond donors (Lipinski definition) is 2. The molecule has 0 aromatic rings. The van der Waals surface area contributed by atoms with Crippen LogP contribution < -0.4 is 5.32 Å². The molecule has 0 bridgehead atoms. The third kappa shape index (κ3) is 8.90. The fraction of sp³-hybridized carbons (Fsp3) is 1.00. The lowest BCUT2D eigenvalue weighted by Gasteiger charge is -2.27. The van der Waals surface area contributed by atoms with Gasteiger partial charge < -0.3 is 19.9 Å². The highest BCUT2D eigenvalue weighted by Gasteiger charge is 2.19. The predicted molar refractivity (Wildman–Crippen MR) is 82.0 cm³/mol. The maximum Gasteiger partial charge on any atom is 0.0897 e. The Morgan fingerprint density at radius 1 is 1.15 bits per heavy atom. The lowest BCUT2D eigenvalue weighted by atomic mass is 9.89. The van der Waals surface area contributed by atoms with E-state index >= 15 is 0 Å². The van der Waals surface area contributed by atoms with Crippen molar-refractivity contribution in [2.75, 3.05) is 33.4 Å². The number of unbranched alkanes of at least 4 members (excludes halogenated alkanes) is 2. The van der Waals surface area contributed by atoms with E-state index in [0.29, 0.717) is 19.3 Å². The summed E-state index contributed by atoms with van der Waals surface area (Å²) in [7, 11) is 1.74. The summed E-state index contributed by atoms with van der Waals surface area (Å²) in [6, 6.07) is 0. The first kappa shape index (κ1) is 17.9. The van der Waals surface area contributed by atoms with Crippen LogP contribution in [0.5, 0.6) is 0 Å². The first-order chi connectivity index (χ1) is 9.72. The number of hydrogen-bond acceptors (Lipinski definition) is 4. The summed E-state index contributed by atoms with van der Waals surface area (Å²) in [5, 5.41) is 13.2. The zero-order chi connectivity index (χ0) is 14.6. The third-order valence-electron chi connectivity index (χ3n) is 4.07. The van der Waals surface area contributed by atoms with Crippen LogP contribution in [0, 0.1) is 5.92 Å². The molecule has 2 N–H and O–H groups in total. The van der Waals surface area contributed by atoms with Gasteiger partial charge in [-0.2, -0.15) is 0 Å². The summed E-state index contributed by atoms with van der Waals surface area (Å²) in [6.45, 7) is 5.21. The first-order valence-electron chi connectivity index (χ1n) is 8.21. The molecule has 0 aromatic heterocycles. The molecule has 0 aliphatic heterocycles. The Balaban J connectivity index is 1.89. The van der Waals surface area contributed by atoms with Gasteiger partial charge in [0.05, 0.1) is 18.8 Å². The van der Waals surface area contributed by atoms with Crippen molar-refractivity contribution >= 4 is 0 Å². The van der Waals surface area contributed by atoms with Crippen molar-refractivity contribution in [1.82, 2.24) is 5.32 Å². The van der Waals surface area contributed by atoms with Gasteiger partial charge in [0.15, 0.2) is 0 Å². The normalized spacial score (nSPS) is 24.8. The van der Waals surface area contributed by atoms with E-state index in [0.717, 1.165) is 44.8 Å². The molecule has 1 fully saturated rings. The summed E-state index contributed by atoms with van der Waals surface area (Å²) in [5.74, 6) is 0.847. The van der Waals surface area contributed by atoms with Crippen LogP contribution >= 0.6 is 0 Å². The van der Waals surface area contributed by atoms with Crippen molar-refractivity contribution < 1.29 is 14.6 Å². The Bertz CT molecular complexity index is 218. The van der Waals surface area contributed by atoms with E-state index in [4.69, 9.17) is 9.47 Å². The van der Waals surface area contributed by atoms with E-state index in [-0.39, 0.29) is 6.10 Å². The number of ether oxygens (including phenoxy) is 2. The molecule has 0 spiro atoms. The van der Waals surface area contributed by atoms with Gasteiger partial charge in [-0.3, -0.25) is 0 Å². The average molecular weight is 287 g/mol. The Kier molecular flexibility index (Phi) is 10.3. The van der Waals surface area contributed by atoms with Crippen LogP contribution in [0.25, 0.3) is 0 Å². The maximum atomic E-state index is 9.87. The van der Waals surface area contributed by atoms with Gasteiger partial charge in [0.25, 0.3) is 0 Å². The molecule has 1 unspecified atom stereocenters. The van der Waals surface area contributed by atoms with Gasteiger partial charge >= 0.3 is 0 Å². The second-order valence-corrected chi connectivity index (χ2v) is 6.13. The number of methoxy groups -OCH3 is 1. The molecule has 1 saturated carbocycles. The summed E-state index contributed by atoms with van der Waals surface area (Å²) in [5.41, 5.74) is 0. The molecule has 1 aliphatic rings. The fourth-order valence-corrected chi connectivity index (χ4v) is 2.64. The molecular formula is C16H33NO3. The molecule has 1 rings (SSSR count). The summed E-state index contributed by atoms with van der Waals surface area (Å²) in [6.07, 6.45) is 8.25. The van der Waals surface area contributed by atoms with Crippen LogP contribution in [0.15, 0.2) is 0 Å². The zero-order valence-electron chi connectivity index (χ0n) is 13.3. The molecule has 4 heteroatoms. The van der Waals surface area contributed by atoms with Crippen LogP contribution in [0.2, 0.25) is 0 Å². The summed E-state index contributed by atoms with van der Waals surface area (Å²) < 4.78 is 10.8. The molecule has 0 aromatic carbocycles. The largest absolute Gasteiger partial charge is 0.389 e. The van der Waals surface area contributed by atoms with Gasteiger partial charge in [0.2, 0.25) is 0 Å². The second-order valence-electron chi connectivity index (χ2n) is 6.13. The third-order valence-corrected chi connectivity index (χ3v) is 4.07. The minimum Gasteiger partial charge on any atom is -0.389 e. The Morgan fingerprint density at radius 3 is 2.60 bits per heavy atom. The van der Waals surface area contributed by atoms with Gasteiger partial charge in [-0.15, -0.1) is 0 Å². The topological polar surface area (TPSA) is 50.7 Å². The molecule has 0 heterocycles. The van der Waals surface area contributed by atoms with Gasteiger partial charge in [-0.25, -0.2) is 0 Å². The van der Waals surface area contributed by atoms with Crippen LogP contribution in [-0.2, 0) is 9.47 Å². The van der Waals surface area contributed by atoms with Crippen LogP contribution in [-0.4, -0.2) is 50.7 Å². The van der Waals surface area contributed by atoms with E-state index in [1.165, 1.54) is 19.3 Å². The molecule has 20 heavy (non-hydrogen) atoms. The smallest absolute Gasteiger partial charge is 0.0897 e. The highest BCUT2D eigenvalue weighted by atomic mass is 16.5. The molecule has 4 nitrogen and oxygen atoms in total. The van der Waals surface area contributed by atoms with Gasteiger partial charge in [-0.05, 0) is 57.4 Å². The molecule has 1 aliphatic carbocycles. The standard InChI is InChI=1S/C16H33NO3/c1-14-6-8-16(9-7-14)20-13-15(18)12-17-10-4-3-5-11-19-2/h14-18H,3-13H2,1-2H3. The minimum atomic E-state index is -0.381. The zero-order valence-corrected chi connectivity index (χ0v) is 13.3. The SMILES string of the molecule is COCCCCCNCC(O)COC1CCC(C)CC1. The molecule has 120 valence electrons. The minimum absolute atomic E-state index is 0.370. The van der Waals surface area contributed by atoms with Crippen LogP contribution in [0.1, 0.15) is 51.9 Å². The van der Waals surface area contributed by atoms with Crippen LogP contribution in [0.3, 0.4) is 0 Å². The van der Waals surface area contributed by atoms with E-state index in [2.05, 4.69) is 12.2 Å². The van der Waals surface area contributed by atoms with E-state index in [1.807, 2.05) is 0 Å². The van der Waals surface area contributed by atoms with Crippen molar-refractivity contribution in [2.45, 2.75) is 64.1 Å². The lowest BCUT2D eigenvalue weighted by molar-refractivity contribution is -0.0277. The molecule has 1 atom stereocenters. The van der Waals surface area contributed by atoms with E-state index in [1.54, 1.807) is 7.11 Å². The van der Waals surface area contributed by atoms with Crippen molar-refractivity contribution in [2.24, 2.45) is 5.92 Å².